The standard InChI is InChI=1S/C8H10N2S/c9-3-1-7-5-6-2-4-10-8(6)11-7/h2,4-5,10H,1,3,9H2. The molecule has 2 heterocycles. The molecule has 0 amide bonds. The number of rotatable bonds is 2. The second-order valence-electron chi connectivity index (χ2n) is 2.51. The molecular weight excluding hydrogens is 156 g/mol. The van der Waals surface area contributed by atoms with Gasteiger partial charge in [-0.3, -0.25) is 0 Å². The van der Waals surface area contributed by atoms with Crippen molar-refractivity contribution >= 4 is 21.6 Å². The fraction of sp³-hybridized carbons (Fsp3) is 0.250. The largest absolute Gasteiger partial charge is 0.353 e. The second kappa shape index (κ2) is 2.68. The number of aromatic amines is 1. The summed E-state index contributed by atoms with van der Waals surface area (Å²) in [6, 6.07) is 4.29. The van der Waals surface area contributed by atoms with Crippen LogP contribution in [0, 0.1) is 0 Å². The highest BCUT2D eigenvalue weighted by Gasteiger charge is 1.99. The minimum absolute atomic E-state index is 0.739. The molecule has 0 radical (unpaired) electrons. The van der Waals surface area contributed by atoms with Crippen molar-refractivity contribution in [3.05, 3.63) is 23.2 Å². The summed E-state index contributed by atoms with van der Waals surface area (Å²) in [4.78, 5) is 5.80. The quantitative estimate of drug-likeness (QED) is 0.701. The van der Waals surface area contributed by atoms with Gasteiger partial charge in [-0.05, 0) is 25.1 Å². The lowest BCUT2D eigenvalue weighted by Crippen LogP contribution is -2.00. The van der Waals surface area contributed by atoms with Crippen LogP contribution in [-0.2, 0) is 6.42 Å². The van der Waals surface area contributed by atoms with Gasteiger partial charge in [0.2, 0.25) is 0 Å². The van der Waals surface area contributed by atoms with Crippen molar-refractivity contribution in [3.63, 3.8) is 0 Å². The molecule has 3 heteroatoms. The molecule has 0 atom stereocenters. The van der Waals surface area contributed by atoms with Crippen molar-refractivity contribution in [2.75, 3.05) is 6.54 Å². The van der Waals surface area contributed by atoms with Crippen LogP contribution in [0.25, 0.3) is 10.2 Å². The molecule has 2 rings (SSSR count). The summed E-state index contributed by atoms with van der Waals surface area (Å²) < 4.78 is 0. The van der Waals surface area contributed by atoms with Crippen molar-refractivity contribution < 1.29 is 0 Å². The zero-order valence-electron chi connectivity index (χ0n) is 6.13. The van der Waals surface area contributed by atoms with E-state index in [2.05, 4.69) is 17.1 Å². The van der Waals surface area contributed by atoms with Gasteiger partial charge in [0.1, 0.15) is 0 Å². The first-order valence-electron chi connectivity index (χ1n) is 3.66. The van der Waals surface area contributed by atoms with Crippen molar-refractivity contribution in [2.45, 2.75) is 6.42 Å². The van der Waals surface area contributed by atoms with E-state index in [1.165, 1.54) is 15.1 Å². The van der Waals surface area contributed by atoms with Crippen LogP contribution in [0.1, 0.15) is 4.88 Å². The number of hydrogen-bond acceptors (Lipinski definition) is 2. The Kier molecular flexibility index (Phi) is 1.68. The smallest absolute Gasteiger partial charge is 0.0999 e. The first-order valence-corrected chi connectivity index (χ1v) is 4.47. The van der Waals surface area contributed by atoms with Crippen LogP contribution in [0.2, 0.25) is 0 Å². The van der Waals surface area contributed by atoms with Crippen LogP contribution >= 0.6 is 11.3 Å². The molecule has 0 unspecified atom stereocenters. The van der Waals surface area contributed by atoms with Crippen molar-refractivity contribution in [3.8, 4) is 0 Å². The highest BCUT2D eigenvalue weighted by Crippen LogP contribution is 2.23. The lowest BCUT2D eigenvalue weighted by molar-refractivity contribution is 0.989. The maximum atomic E-state index is 5.45. The molecule has 2 nitrogen and oxygen atoms in total. The predicted molar refractivity (Wildman–Crippen MR) is 48.9 cm³/mol. The fourth-order valence-corrected chi connectivity index (χ4v) is 2.21. The van der Waals surface area contributed by atoms with E-state index in [0.717, 1.165) is 13.0 Å². The number of aromatic nitrogens is 1. The van der Waals surface area contributed by atoms with Crippen LogP contribution in [0.5, 0.6) is 0 Å². The van der Waals surface area contributed by atoms with Crippen LogP contribution in [0.3, 0.4) is 0 Å². The third-order valence-electron chi connectivity index (χ3n) is 1.68. The number of hydrogen-bond donors (Lipinski definition) is 2. The van der Waals surface area contributed by atoms with Gasteiger partial charge in [-0.15, -0.1) is 11.3 Å². The number of H-pyrrole nitrogens is 1. The normalized spacial score (nSPS) is 11.0. The Morgan fingerprint density at radius 3 is 3.18 bits per heavy atom. The Hall–Kier alpha value is -0.800. The van der Waals surface area contributed by atoms with Crippen molar-refractivity contribution in [2.24, 2.45) is 5.73 Å². The first-order chi connectivity index (χ1) is 5.40. The fourth-order valence-electron chi connectivity index (χ4n) is 1.17. The zero-order valence-corrected chi connectivity index (χ0v) is 6.95. The monoisotopic (exact) mass is 166 g/mol. The topological polar surface area (TPSA) is 41.8 Å². The van der Waals surface area contributed by atoms with Crippen LogP contribution in [-0.4, -0.2) is 11.5 Å². The minimum Gasteiger partial charge on any atom is -0.353 e. The number of nitrogens with one attached hydrogen (secondary N) is 1. The molecule has 2 aromatic heterocycles. The number of fused-ring (bicyclic) bond motifs is 1. The minimum atomic E-state index is 0.739. The Labute approximate surface area is 69.0 Å². The summed E-state index contributed by atoms with van der Waals surface area (Å²) in [6.45, 7) is 0.739. The van der Waals surface area contributed by atoms with E-state index in [4.69, 9.17) is 5.73 Å². The van der Waals surface area contributed by atoms with E-state index in [1.54, 1.807) is 11.3 Å². The summed E-state index contributed by atoms with van der Waals surface area (Å²) >= 11 is 1.79. The van der Waals surface area contributed by atoms with E-state index in [9.17, 15) is 0 Å². The first kappa shape index (κ1) is 6.88. The molecule has 0 fully saturated rings. The summed E-state index contributed by atoms with van der Waals surface area (Å²) in [5.74, 6) is 0. The molecule has 58 valence electrons. The van der Waals surface area contributed by atoms with Gasteiger partial charge in [0.05, 0.1) is 4.83 Å². The average Bonchev–Trinajstić information content (AvgIpc) is 2.46. The number of nitrogens with two attached hydrogens (primary N) is 1. The Bertz CT molecular complexity index is 319. The molecule has 2 aromatic rings. The second-order valence-corrected chi connectivity index (χ2v) is 3.65. The van der Waals surface area contributed by atoms with E-state index in [-0.39, 0.29) is 0 Å². The molecule has 0 saturated carbocycles. The molecule has 0 saturated heterocycles. The SMILES string of the molecule is NCCc1cc2cc[nH]c2s1. The lowest BCUT2D eigenvalue weighted by Gasteiger charge is -1.87. The van der Waals surface area contributed by atoms with Gasteiger partial charge in [0, 0.05) is 16.5 Å². The molecule has 0 aliphatic carbocycles. The van der Waals surface area contributed by atoms with Gasteiger partial charge in [-0.2, -0.15) is 0 Å². The van der Waals surface area contributed by atoms with Gasteiger partial charge in [-0.1, -0.05) is 0 Å². The Morgan fingerprint density at radius 2 is 2.45 bits per heavy atom. The van der Waals surface area contributed by atoms with Gasteiger partial charge in [0.15, 0.2) is 0 Å². The van der Waals surface area contributed by atoms with E-state index < -0.39 is 0 Å². The van der Waals surface area contributed by atoms with E-state index in [0.29, 0.717) is 0 Å². The summed E-state index contributed by atoms with van der Waals surface area (Å²) in [6.07, 6.45) is 2.96. The lowest BCUT2D eigenvalue weighted by atomic mass is 10.3. The van der Waals surface area contributed by atoms with Gasteiger partial charge < -0.3 is 10.7 Å². The molecule has 0 aliphatic heterocycles. The third-order valence-corrected chi connectivity index (χ3v) is 2.82. The van der Waals surface area contributed by atoms with Gasteiger partial charge in [-0.25, -0.2) is 0 Å². The summed E-state index contributed by atoms with van der Waals surface area (Å²) in [5.41, 5.74) is 5.45. The zero-order chi connectivity index (χ0) is 7.68. The van der Waals surface area contributed by atoms with Gasteiger partial charge >= 0.3 is 0 Å². The molecule has 0 aromatic carbocycles. The third kappa shape index (κ3) is 1.17. The summed E-state index contributed by atoms with van der Waals surface area (Å²) in [5, 5.41) is 1.30. The summed E-state index contributed by atoms with van der Waals surface area (Å²) in [7, 11) is 0. The van der Waals surface area contributed by atoms with E-state index in [1.807, 2.05) is 6.20 Å². The van der Waals surface area contributed by atoms with Crippen LogP contribution in [0.4, 0.5) is 0 Å². The van der Waals surface area contributed by atoms with E-state index >= 15 is 0 Å². The van der Waals surface area contributed by atoms with Crippen molar-refractivity contribution in [1.29, 1.82) is 0 Å². The molecule has 0 aliphatic rings. The van der Waals surface area contributed by atoms with Gasteiger partial charge in [0.25, 0.3) is 0 Å². The van der Waals surface area contributed by atoms with Crippen molar-refractivity contribution in [1.82, 2.24) is 4.98 Å². The molecule has 3 N–H and O–H groups in total. The average molecular weight is 166 g/mol. The molecule has 11 heavy (non-hydrogen) atoms. The Morgan fingerprint density at radius 1 is 1.55 bits per heavy atom. The highest BCUT2D eigenvalue weighted by atomic mass is 32.1. The Balaban J connectivity index is 2.42. The maximum absolute atomic E-state index is 5.45. The molecular formula is C8H10N2S. The molecule has 0 spiro atoms. The number of thiophene rings is 1. The highest BCUT2D eigenvalue weighted by molar-refractivity contribution is 7.18. The van der Waals surface area contributed by atoms with Crippen LogP contribution < -0.4 is 5.73 Å². The maximum Gasteiger partial charge on any atom is 0.0999 e. The predicted octanol–water partition coefficient (Wildman–Crippen LogP) is 1.73. The van der Waals surface area contributed by atoms with Crippen LogP contribution in [0.15, 0.2) is 18.3 Å². The molecule has 0 bridgehead atoms.